The average molecular weight is 769 g/mol. The van der Waals surface area contributed by atoms with Crippen molar-refractivity contribution in [1.82, 2.24) is 0 Å². The molecular formula is C55H37BN2S. The normalized spacial score (nSPS) is 14.1. The van der Waals surface area contributed by atoms with Crippen LogP contribution in [0.25, 0.3) is 11.1 Å². The van der Waals surface area contributed by atoms with Gasteiger partial charge in [0.1, 0.15) is 0 Å². The second-order valence-electron chi connectivity index (χ2n) is 15.6. The first-order valence-electron chi connectivity index (χ1n) is 20.4. The monoisotopic (exact) mass is 768 g/mol. The Morgan fingerprint density at radius 3 is 1.61 bits per heavy atom. The van der Waals surface area contributed by atoms with Crippen LogP contribution in [0.15, 0.2) is 234 Å². The van der Waals surface area contributed by atoms with Crippen LogP contribution >= 0.6 is 11.8 Å². The Balaban J connectivity index is 1.25. The summed E-state index contributed by atoms with van der Waals surface area (Å²) in [4.78, 5) is 7.58. The van der Waals surface area contributed by atoms with Crippen LogP contribution in [0.4, 0.5) is 34.1 Å². The highest BCUT2D eigenvalue weighted by Crippen LogP contribution is 2.59. The maximum atomic E-state index is 2.57. The molecule has 0 amide bonds. The van der Waals surface area contributed by atoms with Crippen molar-refractivity contribution in [3.63, 3.8) is 0 Å². The minimum absolute atomic E-state index is 0.0228. The van der Waals surface area contributed by atoms with Gasteiger partial charge < -0.3 is 9.80 Å². The number of para-hydroxylation sites is 3. The molecule has 4 heteroatoms. The van der Waals surface area contributed by atoms with Gasteiger partial charge in [0.15, 0.2) is 0 Å². The van der Waals surface area contributed by atoms with Crippen LogP contribution < -0.4 is 26.2 Å². The van der Waals surface area contributed by atoms with Crippen LogP contribution in [0.1, 0.15) is 22.3 Å². The van der Waals surface area contributed by atoms with E-state index in [1.165, 1.54) is 82.3 Å². The van der Waals surface area contributed by atoms with Crippen molar-refractivity contribution in [2.75, 3.05) is 9.80 Å². The lowest BCUT2D eigenvalue weighted by atomic mass is 9.29. The standard InChI is InChI=1S/C55H37BN2S/c1-5-19-38(20-6-1)39-33-35-43(36-34-39)57-49-31-17-18-32-51(49)59-54-50(57)37-45-52-53(54)58(42-25-11-4-12-26-42)48-30-16-15-29-47(48)56(52)46-28-14-13-27-44(46)55(45,40-21-7-2-8-22-40)41-23-9-3-10-24-41/h1-37H. The van der Waals surface area contributed by atoms with Gasteiger partial charge in [0.25, 0.3) is 0 Å². The van der Waals surface area contributed by atoms with Gasteiger partial charge in [-0.05, 0) is 92.8 Å². The third-order valence-corrected chi connectivity index (χ3v) is 13.7. The second-order valence-corrected chi connectivity index (χ2v) is 16.6. The van der Waals surface area contributed by atoms with E-state index in [-0.39, 0.29) is 6.71 Å². The molecule has 0 aliphatic carbocycles. The number of fused-ring (bicyclic) bond motifs is 7. The molecule has 0 aromatic heterocycles. The quantitative estimate of drug-likeness (QED) is 0.161. The molecule has 2 nitrogen and oxygen atoms in total. The van der Waals surface area contributed by atoms with Crippen LogP contribution in [0, 0.1) is 0 Å². The Morgan fingerprint density at radius 2 is 0.915 bits per heavy atom. The zero-order valence-corrected chi connectivity index (χ0v) is 33.1. The van der Waals surface area contributed by atoms with Crippen LogP contribution in [0.3, 0.4) is 0 Å². The summed E-state index contributed by atoms with van der Waals surface area (Å²) in [5.41, 5.74) is 18.1. The highest BCUT2D eigenvalue weighted by Gasteiger charge is 2.53. The van der Waals surface area contributed by atoms with E-state index in [4.69, 9.17) is 0 Å². The summed E-state index contributed by atoms with van der Waals surface area (Å²) in [5, 5.41) is 0. The largest absolute Gasteiger partial charge is 0.310 e. The molecule has 0 saturated carbocycles. The van der Waals surface area contributed by atoms with Gasteiger partial charge in [-0.2, -0.15) is 0 Å². The zero-order chi connectivity index (χ0) is 38.9. The minimum atomic E-state index is -0.617. The number of hydrogen-bond acceptors (Lipinski definition) is 3. The summed E-state index contributed by atoms with van der Waals surface area (Å²) < 4.78 is 0. The minimum Gasteiger partial charge on any atom is -0.310 e. The summed E-state index contributed by atoms with van der Waals surface area (Å²) in [5.74, 6) is 0. The maximum Gasteiger partial charge on any atom is 0.247 e. The molecular weight excluding hydrogens is 731 g/mol. The van der Waals surface area contributed by atoms with Crippen molar-refractivity contribution < 1.29 is 0 Å². The second kappa shape index (κ2) is 13.5. The topological polar surface area (TPSA) is 6.48 Å². The van der Waals surface area contributed by atoms with E-state index in [2.05, 4.69) is 234 Å². The SMILES string of the molecule is c1ccc(-c2ccc(N3c4ccccc4Sc4c3cc3c5c4N(c4ccccc4)c4ccccc4B5c4ccccc4C3(c3ccccc3)c3ccccc3)cc2)cc1. The lowest BCUT2D eigenvalue weighted by molar-refractivity contribution is 0.749. The predicted molar refractivity (Wildman–Crippen MR) is 248 cm³/mol. The molecule has 0 fully saturated rings. The molecule has 3 aliphatic rings. The molecule has 0 saturated heterocycles. The maximum absolute atomic E-state index is 2.57. The van der Waals surface area contributed by atoms with E-state index in [1.807, 2.05) is 11.8 Å². The van der Waals surface area contributed by atoms with Crippen LogP contribution in [-0.4, -0.2) is 6.71 Å². The van der Waals surface area contributed by atoms with Gasteiger partial charge in [0.2, 0.25) is 6.71 Å². The first kappa shape index (κ1) is 34.1. The van der Waals surface area contributed by atoms with Crippen molar-refractivity contribution in [2.45, 2.75) is 15.2 Å². The lowest BCUT2D eigenvalue weighted by Crippen LogP contribution is -2.65. The average Bonchev–Trinajstić information content (AvgIpc) is 3.32. The first-order valence-corrected chi connectivity index (χ1v) is 21.2. The van der Waals surface area contributed by atoms with Gasteiger partial charge in [-0.1, -0.05) is 193 Å². The molecule has 0 unspecified atom stereocenters. The van der Waals surface area contributed by atoms with Crippen molar-refractivity contribution in [2.24, 2.45) is 0 Å². The van der Waals surface area contributed by atoms with E-state index in [1.54, 1.807) is 0 Å². The molecule has 59 heavy (non-hydrogen) atoms. The summed E-state index contributed by atoms with van der Waals surface area (Å²) in [6.45, 7) is 0.0228. The Morgan fingerprint density at radius 1 is 0.390 bits per heavy atom. The molecule has 0 bridgehead atoms. The van der Waals surface area contributed by atoms with E-state index >= 15 is 0 Å². The van der Waals surface area contributed by atoms with Crippen molar-refractivity contribution >= 4 is 69.0 Å². The van der Waals surface area contributed by atoms with Crippen LogP contribution in [0.2, 0.25) is 0 Å². The van der Waals surface area contributed by atoms with E-state index in [9.17, 15) is 0 Å². The fourth-order valence-electron chi connectivity index (χ4n) is 10.2. The fourth-order valence-corrected chi connectivity index (χ4v) is 11.4. The van der Waals surface area contributed by atoms with Gasteiger partial charge in [0.05, 0.1) is 27.4 Å². The Labute approximate surface area is 350 Å². The van der Waals surface area contributed by atoms with Crippen molar-refractivity contribution in [1.29, 1.82) is 0 Å². The molecule has 3 aliphatic heterocycles. The third-order valence-electron chi connectivity index (χ3n) is 12.6. The van der Waals surface area contributed by atoms with Gasteiger partial charge >= 0.3 is 0 Å². The third kappa shape index (κ3) is 5.03. The lowest BCUT2D eigenvalue weighted by Gasteiger charge is -2.50. The zero-order valence-electron chi connectivity index (χ0n) is 32.2. The molecule has 3 heterocycles. The Hall–Kier alpha value is -7.01. The highest BCUT2D eigenvalue weighted by molar-refractivity contribution is 8.00. The fraction of sp³-hybridized carbons (Fsp3) is 0.0182. The number of rotatable bonds is 5. The molecule has 276 valence electrons. The van der Waals surface area contributed by atoms with E-state index in [0.29, 0.717) is 0 Å². The van der Waals surface area contributed by atoms with Crippen molar-refractivity contribution in [3.05, 3.63) is 247 Å². The summed E-state index contributed by atoms with van der Waals surface area (Å²) >= 11 is 1.90. The molecule has 12 rings (SSSR count). The van der Waals surface area contributed by atoms with Crippen molar-refractivity contribution in [3.8, 4) is 11.1 Å². The number of anilines is 6. The highest BCUT2D eigenvalue weighted by atomic mass is 32.2. The molecule has 9 aromatic rings. The van der Waals surface area contributed by atoms with Gasteiger partial charge in [-0.3, -0.25) is 0 Å². The molecule has 0 N–H and O–H groups in total. The summed E-state index contributed by atoms with van der Waals surface area (Å²) in [6.07, 6.45) is 0. The summed E-state index contributed by atoms with van der Waals surface area (Å²) in [6, 6.07) is 83.1. The number of hydrogen-bond donors (Lipinski definition) is 0. The number of benzene rings is 9. The van der Waals surface area contributed by atoms with Crippen LogP contribution in [-0.2, 0) is 5.41 Å². The van der Waals surface area contributed by atoms with Gasteiger partial charge in [-0.15, -0.1) is 0 Å². The molecule has 0 atom stereocenters. The van der Waals surface area contributed by atoms with E-state index in [0.717, 1.165) is 11.4 Å². The predicted octanol–water partition coefficient (Wildman–Crippen LogP) is 12.3. The van der Waals surface area contributed by atoms with Gasteiger partial charge in [0, 0.05) is 22.0 Å². The Bertz CT molecular complexity index is 2990. The Kier molecular flexibility index (Phi) is 7.82. The first-order chi connectivity index (χ1) is 29.3. The van der Waals surface area contributed by atoms with Gasteiger partial charge in [-0.25, -0.2) is 0 Å². The molecule has 0 spiro atoms. The van der Waals surface area contributed by atoms with Crippen LogP contribution in [0.5, 0.6) is 0 Å². The number of nitrogens with zero attached hydrogens (tertiary/aromatic N) is 2. The molecule has 9 aromatic carbocycles. The smallest absolute Gasteiger partial charge is 0.247 e. The van der Waals surface area contributed by atoms with E-state index < -0.39 is 5.41 Å². The molecule has 0 radical (unpaired) electrons. The summed E-state index contributed by atoms with van der Waals surface area (Å²) in [7, 11) is 0.